The van der Waals surface area contributed by atoms with Gasteiger partial charge in [0.25, 0.3) is 10.1 Å². The Morgan fingerprint density at radius 1 is 0.871 bits per heavy atom. The summed E-state index contributed by atoms with van der Waals surface area (Å²) in [5.74, 6) is -2.64. The molecule has 4 saturated heterocycles. The predicted molar refractivity (Wildman–Crippen MR) is 101 cm³/mol. The van der Waals surface area contributed by atoms with Crippen molar-refractivity contribution >= 4 is 30.5 Å². The average Bonchev–Trinajstić information content (AvgIpc) is 3.26. The number of cyclic esters (lactones) is 2. The molecule has 6 atom stereocenters. The van der Waals surface area contributed by atoms with Gasteiger partial charge >= 0.3 is 11.9 Å². The molecule has 0 spiro atoms. The van der Waals surface area contributed by atoms with Crippen LogP contribution in [-0.2, 0) is 52.3 Å². The molecule has 0 aromatic rings. The van der Waals surface area contributed by atoms with Gasteiger partial charge in [0.15, 0.2) is 36.0 Å². The van der Waals surface area contributed by atoms with Crippen molar-refractivity contribution in [2.45, 2.75) is 75.9 Å². The second kappa shape index (κ2) is 8.92. The van der Waals surface area contributed by atoms with E-state index in [2.05, 4.69) is 4.18 Å². The number of fused-ring (bicyclic) bond motifs is 2. The van der Waals surface area contributed by atoms with Crippen molar-refractivity contribution in [3.8, 4) is 0 Å². The van der Waals surface area contributed by atoms with E-state index in [-0.39, 0.29) is 21.6 Å². The van der Waals surface area contributed by atoms with E-state index in [0.29, 0.717) is 0 Å². The van der Waals surface area contributed by atoms with Crippen LogP contribution in [0.3, 0.4) is 0 Å². The highest BCUT2D eigenvalue weighted by Gasteiger charge is 2.56. The molecule has 0 aromatic heterocycles. The number of carbonyl (C=O) groups is 2. The van der Waals surface area contributed by atoms with Crippen LogP contribution in [-0.4, -0.2) is 102 Å². The summed E-state index contributed by atoms with van der Waals surface area (Å²) < 4.78 is 57.6. The van der Waals surface area contributed by atoms with Crippen LogP contribution in [0, 0.1) is 0 Å². The first-order valence-corrected chi connectivity index (χ1v) is 11.1. The Balaban J connectivity index is 0.000000220. The molecule has 1 N–H and O–H groups in total. The van der Waals surface area contributed by atoms with Crippen molar-refractivity contribution in [1.29, 1.82) is 0 Å². The maximum Gasteiger partial charge on any atom is 0.338 e. The SMILES string of the molecule is CC1(C)O[C@@H]2[C@H](CO)OC(=O)[C@@H]2O1.CC1(C)O[C@@H]2[C@H](COS(C)(=O)=O)OC(=O)[C@@H]2O1.[B]. The average molecular weight is 465 g/mol. The predicted octanol–water partition coefficient (Wildman–Crippen LogP) is -1.55. The monoisotopic (exact) mass is 465 g/mol. The van der Waals surface area contributed by atoms with Crippen LogP contribution in [0.4, 0.5) is 0 Å². The first-order chi connectivity index (χ1) is 13.7. The highest BCUT2D eigenvalue weighted by Crippen LogP contribution is 2.36. The van der Waals surface area contributed by atoms with Crippen LogP contribution in [0.1, 0.15) is 27.7 Å². The minimum absolute atomic E-state index is 0. The molecule has 0 aliphatic carbocycles. The Hall–Kier alpha value is -1.29. The van der Waals surface area contributed by atoms with Crippen molar-refractivity contribution in [3.63, 3.8) is 0 Å². The van der Waals surface area contributed by atoms with E-state index in [4.69, 9.17) is 33.5 Å². The van der Waals surface area contributed by atoms with Gasteiger partial charge in [-0.1, -0.05) is 0 Å². The molecule has 12 nitrogen and oxygen atoms in total. The lowest BCUT2D eigenvalue weighted by molar-refractivity contribution is -0.188. The molecule has 3 radical (unpaired) electrons. The number of carbonyl (C=O) groups excluding carboxylic acids is 2. The van der Waals surface area contributed by atoms with Gasteiger partial charge in [0.2, 0.25) is 0 Å². The number of aliphatic hydroxyl groups is 1. The zero-order valence-corrected chi connectivity index (χ0v) is 18.6. The summed E-state index contributed by atoms with van der Waals surface area (Å²) >= 11 is 0. The highest BCUT2D eigenvalue weighted by atomic mass is 32.2. The maximum atomic E-state index is 11.4. The molecule has 14 heteroatoms. The van der Waals surface area contributed by atoms with Crippen molar-refractivity contribution in [2.24, 2.45) is 0 Å². The molecule has 31 heavy (non-hydrogen) atoms. The van der Waals surface area contributed by atoms with Crippen LogP contribution in [0.15, 0.2) is 0 Å². The van der Waals surface area contributed by atoms with Crippen molar-refractivity contribution in [3.05, 3.63) is 0 Å². The Morgan fingerprint density at radius 3 is 1.71 bits per heavy atom. The third-order valence-corrected chi connectivity index (χ3v) is 5.18. The third kappa shape index (κ3) is 5.94. The van der Waals surface area contributed by atoms with E-state index in [1.807, 2.05) is 0 Å². The van der Waals surface area contributed by atoms with Gasteiger partial charge in [0.05, 0.1) is 12.9 Å². The number of hydrogen-bond donors (Lipinski definition) is 1. The number of ether oxygens (including phenoxy) is 6. The van der Waals surface area contributed by atoms with Gasteiger partial charge in [-0.25, -0.2) is 9.59 Å². The molecule has 0 saturated carbocycles. The Kier molecular flexibility index (Phi) is 7.48. The molecule has 4 heterocycles. The molecule has 0 amide bonds. The van der Waals surface area contributed by atoms with Crippen molar-refractivity contribution in [2.75, 3.05) is 19.5 Å². The molecular weight excluding hydrogens is 439 g/mol. The normalized spacial score (nSPS) is 37.1. The Labute approximate surface area is 182 Å². The summed E-state index contributed by atoms with van der Waals surface area (Å²) in [7, 11) is -3.57. The summed E-state index contributed by atoms with van der Waals surface area (Å²) in [4.78, 5) is 22.6. The van der Waals surface area contributed by atoms with Crippen LogP contribution < -0.4 is 0 Å². The first-order valence-electron chi connectivity index (χ1n) is 9.29. The van der Waals surface area contributed by atoms with Crippen molar-refractivity contribution in [1.82, 2.24) is 0 Å². The van der Waals surface area contributed by atoms with E-state index in [9.17, 15) is 18.0 Å². The Morgan fingerprint density at radius 2 is 1.29 bits per heavy atom. The summed E-state index contributed by atoms with van der Waals surface area (Å²) in [6.45, 7) is 6.32. The molecule has 4 fully saturated rings. The summed E-state index contributed by atoms with van der Waals surface area (Å²) in [5, 5.41) is 8.89. The molecule has 4 rings (SSSR count). The topological polar surface area (TPSA) is 153 Å². The second-order valence-electron chi connectivity index (χ2n) is 8.16. The van der Waals surface area contributed by atoms with E-state index in [1.165, 1.54) is 0 Å². The standard InChI is InChI=1S/C9H14O7S.C8H12O5.B/c1-9(2)15-6-5(4-13-17(3,11)12)14-8(10)7(6)16-9;1-8(2)12-5-4(3-9)11-7(10)6(5)13-8;/h5-7H,4H2,1-3H3;4-6,9H,3H2,1-2H3;/t5-,6+,7+;4-,5+,6+;/m00./s1. The Bertz CT molecular complexity index is 797. The fraction of sp³-hybridized carbons (Fsp3) is 0.882. The number of rotatable bonds is 4. The highest BCUT2D eigenvalue weighted by molar-refractivity contribution is 7.85. The second-order valence-corrected chi connectivity index (χ2v) is 9.81. The quantitative estimate of drug-likeness (QED) is 0.291. The zero-order chi connectivity index (χ0) is 22.5. The van der Waals surface area contributed by atoms with E-state index >= 15 is 0 Å². The zero-order valence-electron chi connectivity index (χ0n) is 17.8. The van der Waals surface area contributed by atoms with E-state index in [1.54, 1.807) is 27.7 Å². The van der Waals surface area contributed by atoms with Crippen molar-refractivity contribution < 1.29 is 55.7 Å². The largest absolute Gasteiger partial charge is 0.455 e. The van der Waals surface area contributed by atoms with E-state index < -0.39 is 70.3 Å². The van der Waals surface area contributed by atoms with Gasteiger partial charge in [-0.15, -0.1) is 0 Å². The first kappa shape index (κ1) is 26.0. The summed E-state index contributed by atoms with van der Waals surface area (Å²) in [6, 6.07) is 0. The lowest BCUT2D eigenvalue weighted by atomic mass is 10.1. The van der Waals surface area contributed by atoms with Gasteiger partial charge in [0, 0.05) is 8.41 Å². The van der Waals surface area contributed by atoms with Crippen LogP contribution in [0.25, 0.3) is 0 Å². The molecule has 0 unspecified atom stereocenters. The fourth-order valence-corrected chi connectivity index (χ4v) is 3.90. The number of esters is 2. The van der Waals surface area contributed by atoms with Gasteiger partial charge in [-0.05, 0) is 27.7 Å². The van der Waals surface area contributed by atoms with Crippen LogP contribution >= 0.6 is 0 Å². The smallest absolute Gasteiger partial charge is 0.338 e. The molecule has 0 aromatic carbocycles. The lowest BCUT2D eigenvalue weighted by Gasteiger charge is -2.20. The number of aliphatic hydroxyl groups excluding tert-OH is 1. The minimum atomic E-state index is -3.57. The lowest BCUT2D eigenvalue weighted by Crippen LogP contribution is -2.33. The molecule has 4 aliphatic rings. The van der Waals surface area contributed by atoms with Gasteiger partial charge in [-0.2, -0.15) is 8.42 Å². The van der Waals surface area contributed by atoms with Gasteiger partial charge in [0.1, 0.15) is 18.8 Å². The minimum Gasteiger partial charge on any atom is -0.455 e. The fourth-order valence-electron chi connectivity index (χ4n) is 3.51. The molecule has 0 bridgehead atoms. The van der Waals surface area contributed by atoms with Gasteiger partial charge in [-0.3, -0.25) is 4.18 Å². The number of hydrogen-bond acceptors (Lipinski definition) is 12. The van der Waals surface area contributed by atoms with Crippen LogP contribution in [0.5, 0.6) is 0 Å². The third-order valence-electron chi connectivity index (χ3n) is 4.62. The summed E-state index contributed by atoms with van der Waals surface area (Å²) in [5.41, 5.74) is 0. The summed E-state index contributed by atoms with van der Waals surface area (Å²) in [6.07, 6.45) is -2.99. The van der Waals surface area contributed by atoms with Gasteiger partial charge < -0.3 is 33.5 Å². The molecular formula is C17H26BO12S. The molecule has 175 valence electrons. The molecule has 4 aliphatic heterocycles. The maximum absolute atomic E-state index is 11.4. The van der Waals surface area contributed by atoms with E-state index in [0.717, 1.165) is 6.26 Å². The van der Waals surface area contributed by atoms with Crippen LogP contribution in [0.2, 0.25) is 0 Å².